The normalized spacial score (nSPS) is 10.8. The first-order valence-electron chi connectivity index (χ1n) is 11.7. The molecule has 2 aromatic carbocycles. The molecule has 0 saturated carbocycles. The number of para-hydroxylation sites is 1. The molecule has 0 spiro atoms. The lowest BCUT2D eigenvalue weighted by Gasteiger charge is -2.10. The summed E-state index contributed by atoms with van der Waals surface area (Å²) in [6.07, 6.45) is 9.06. The lowest BCUT2D eigenvalue weighted by atomic mass is 9.93. The van der Waals surface area contributed by atoms with Crippen LogP contribution in [0.2, 0.25) is 0 Å². The minimum absolute atomic E-state index is 0.0394. The Morgan fingerprint density at radius 1 is 1.06 bits per heavy atom. The molecule has 6 nitrogen and oxygen atoms in total. The predicted molar refractivity (Wildman–Crippen MR) is 134 cm³/mol. The molecule has 33 heavy (non-hydrogen) atoms. The molecule has 0 saturated heterocycles. The molecule has 0 aliphatic heterocycles. The Hall–Kier alpha value is -3.41. The first-order valence-corrected chi connectivity index (χ1v) is 11.7. The van der Waals surface area contributed by atoms with Gasteiger partial charge in [0, 0.05) is 34.8 Å². The first kappa shape index (κ1) is 25.8. The fraction of sp³-hybridized carbons (Fsp3) is 0.370. The van der Waals surface area contributed by atoms with Crippen LogP contribution in [0.3, 0.4) is 0 Å². The fourth-order valence-corrected chi connectivity index (χ4v) is 4.01. The summed E-state index contributed by atoms with van der Waals surface area (Å²) in [7, 11) is 0. The Balaban J connectivity index is 0.00000187. The van der Waals surface area contributed by atoms with Gasteiger partial charge in [0.2, 0.25) is 0 Å². The molecule has 0 fully saturated rings. The van der Waals surface area contributed by atoms with Crippen LogP contribution in [0.5, 0.6) is 0 Å². The minimum atomic E-state index is -0.757. The van der Waals surface area contributed by atoms with E-state index in [4.69, 9.17) is 0 Å². The molecule has 0 N–H and O–H groups in total. The number of unbranched alkanes of at least 4 members (excludes halogenated alkanes) is 2. The maximum Gasteiger partial charge on any atom is 0.294 e. The first-order chi connectivity index (χ1) is 16.1. The summed E-state index contributed by atoms with van der Waals surface area (Å²) in [6.45, 7) is 8.91. The van der Waals surface area contributed by atoms with Gasteiger partial charge in [0.15, 0.2) is 5.78 Å². The molecular formula is C27H34N2O4. The summed E-state index contributed by atoms with van der Waals surface area (Å²) >= 11 is 0. The largest absolute Gasteiger partial charge is 0.347 e. The highest BCUT2D eigenvalue weighted by molar-refractivity contribution is 6.17. The molecular weight excluding hydrogens is 416 g/mol. The Kier molecular flexibility index (Phi) is 10.3. The highest BCUT2D eigenvalue weighted by Gasteiger charge is 2.19. The highest BCUT2D eigenvalue weighted by atomic mass is 16.9. The molecule has 0 aliphatic carbocycles. The average Bonchev–Trinajstić information content (AvgIpc) is 3.20. The van der Waals surface area contributed by atoms with Crippen LogP contribution in [-0.4, -0.2) is 22.0 Å². The van der Waals surface area contributed by atoms with E-state index in [9.17, 15) is 14.9 Å². The number of allylic oxidation sites excluding steroid dienone is 1. The van der Waals surface area contributed by atoms with E-state index in [2.05, 4.69) is 16.3 Å². The molecule has 1 heterocycles. The quantitative estimate of drug-likeness (QED) is 0.138. The third-order valence-corrected chi connectivity index (χ3v) is 5.43. The van der Waals surface area contributed by atoms with Crippen molar-refractivity contribution < 1.29 is 14.7 Å². The van der Waals surface area contributed by atoms with Crippen LogP contribution in [-0.2, 0) is 17.8 Å². The van der Waals surface area contributed by atoms with Crippen molar-refractivity contribution >= 4 is 22.8 Å². The molecule has 3 aromatic rings. The molecule has 3 rings (SSSR count). The van der Waals surface area contributed by atoms with Crippen molar-refractivity contribution in [3.05, 3.63) is 87.1 Å². The summed E-state index contributed by atoms with van der Waals surface area (Å²) < 4.78 is 2.11. The lowest BCUT2D eigenvalue weighted by Crippen LogP contribution is -2.06. The van der Waals surface area contributed by atoms with E-state index in [1.807, 2.05) is 81.6 Å². The average molecular weight is 451 g/mol. The lowest BCUT2D eigenvalue weighted by molar-refractivity contribution is -0.757. The summed E-state index contributed by atoms with van der Waals surface area (Å²) in [5.74, 6) is 0.0394. The monoisotopic (exact) mass is 450 g/mol. The predicted octanol–water partition coefficient (Wildman–Crippen LogP) is 6.87. The van der Waals surface area contributed by atoms with Gasteiger partial charge in [-0.25, -0.2) is 0 Å². The molecule has 0 atom stereocenters. The second-order valence-electron chi connectivity index (χ2n) is 7.43. The van der Waals surface area contributed by atoms with Crippen molar-refractivity contribution in [2.45, 2.75) is 59.9 Å². The smallest absolute Gasteiger partial charge is 0.294 e. The Labute approximate surface area is 196 Å². The van der Waals surface area contributed by atoms with Crippen LogP contribution in [0, 0.1) is 10.1 Å². The van der Waals surface area contributed by atoms with E-state index in [0.717, 1.165) is 53.4 Å². The number of aryl methyl sites for hydroxylation is 1. The summed E-state index contributed by atoms with van der Waals surface area (Å²) in [5, 5.41) is 10.4. The summed E-state index contributed by atoms with van der Waals surface area (Å²) in [4.78, 5) is 28.2. The second-order valence-corrected chi connectivity index (χ2v) is 7.43. The van der Waals surface area contributed by atoms with Gasteiger partial charge in [0.05, 0.1) is 6.61 Å². The number of carbonyl (C=O) groups is 1. The molecule has 6 heteroatoms. The van der Waals surface area contributed by atoms with Crippen molar-refractivity contribution in [2.75, 3.05) is 6.61 Å². The van der Waals surface area contributed by atoms with Gasteiger partial charge < -0.3 is 9.40 Å². The molecule has 176 valence electrons. The van der Waals surface area contributed by atoms with Gasteiger partial charge in [0.1, 0.15) is 0 Å². The van der Waals surface area contributed by atoms with Crippen molar-refractivity contribution in [2.24, 2.45) is 0 Å². The zero-order valence-electron chi connectivity index (χ0n) is 20.0. The topological polar surface area (TPSA) is 74.4 Å². The van der Waals surface area contributed by atoms with Crippen molar-refractivity contribution in [1.29, 1.82) is 0 Å². The fourth-order valence-electron chi connectivity index (χ4n) is 4.01. The van der Waals surface area contributed by atoms with Gasteiger partial charge in [-0.1, -0.05) is 69.3 Å². The van der Waals surface area contributed by atoms with E-state index in [1.54, 1.807) is 0 Å². The van der Waals surface area contributed by atoms with Crippen LogP contribution in [0.25, 0.3) is 17.0 Å². The van der Waals surface area contributed by atoms with Crippen LogP contribution >= 0.6 is 0 Å². The number of fused-ring (bicyclic) bond motifs is 1. The molecule has 0 radical (unpaired) electrons. The van der Waals surface area contributed by atoms with Gasteiger partial charge in [-0.15, -0.1) is 10.1 Å². The van der Waals surface area contributed by atoms with E-state index in [-0.39, 0.29) is 12.4 Å². The molecule has 0 amide bonds. The molecule has 0 unspecified atom stereocenters. The number of hydrogen-bond acceptors (Lipinski definition) is 4. The third-order valence-electron chi connectivity index (χ3n) is 5.43. The van der Waals surface area contributed by atoms with Gasteiger partial charge in [-0.05, 0) is 49.8 Å². The zero-order valence-corrected chi connectivity index (χ0v) is 20.0. The number of carbonyl (C=O) groups excluding carboxylic acids is 1. The van der Waals surface area contributed by atoms with Crippen LogP contribution in [0.1, 0.15) is 74.0 Å². The summed E-state index contributed by atoms with van der Waals surface area (Å²) in [5.41, 5.74) is 4.62. The van der Waals surface area contributed by atoms with E-state index >= 15 is 0 Å². The Morgan fingerprint density at radius 2 is 1.82 bits per heavy atom. The highest BCUT2D eigenvalue weighted by Crippen LogP contribution is 2.27. The number of hydrogen-bond donors (Lipinski definition) is 0. The van der Waals surface area contributed by atoms with Gasteiger partial charge >= 0.3 is 0 Å². The molecule has 1 aromatic heterocycles. The Morgan fingerprint density at radius 3 is 2.52 bits per heavy atom. The molecule has 0 bridgehead atoms. The molecule has 0 aliphatic rings. The maximum atomic E-state index is 13.6. The van der Waals surface area contributed by atoms with Gasteiger partial charge in [-0.2, -0.15) is 0 Å². The van der Waals surface area contributed by atoms with Crippen molar-refractivity contribution in [3.8, 4) is 0 Å². The number of nitrogens with zero attached hydrogens (tertiary/aromatic N) is 2. The van der Waals surface area contributed by atoms with Crippen LogP contribution in [0.4, 0.5) is 0 Å². The van der Waals surface area contributed by atoms with Gasteiger partial charge in [-0.3, -0.25) is 4.79 Å². The standard InChI is InChI=1S/C25H28N2O4.C2H6/c1-3-11-19-12-10-14-22(20(19)4-2)25(28)23-18-26(24-15-7-6-13-21(23)24)16-8-5-9-17-31-27(29)30;1-2/h3,6-7,10-15,18H,4-5,8-9,16-17H2,1-2H3;1-2H3/b11-3-;. The van der Waals surface area contributed by atoms with Crippen molar-refractivity contribution in [1.82, 2.24) is 4.57 Å². The van der Waals surface area contributed by atoms with E-state index < -0.39 is 5.09 Å². The number of ketones is 1. The maximum absolute atomic E-state index is 13.6. The second kappa shape index (κ2) is 13.2. The van der Waals surface area contributed by atoms with E-state index in [0.29, 0.717) is 12.0 Å². The van der Waals surface area contributed by atoms with E-state index in [1.165, 1.54) is 0 Å². The number of rotatable bonds is 11. The van der Waals surface area contributed by atoms with Crippen molar-refractivity contribution in [3.63, 3.8) is 0 Å². The third kappa shape index (κ3) is 6.54. The SMILES string of the molecule is C/C=C\c1cccc(C(=O)c2cn(CCCCCO[N+](=O)[O-])c3ccccc23)c1CC.CC. The van der Waals surface area contributed by atoms with Crippen LogP contribution in [0.15, 0.2) is 54.7 Å². The number of benzene rings is 2. The summed E-state index contributed by atoms with van der Waals surface area (Å²) in [6, 6.07) is 13.8. The zero-order chi connectivity index (χ0) is 24.2. The Bertz CT molecular complexity index is 1100. The van der Waals surface area contributed by atoms with Crippen LogP contribution < -0.4 is 0 Å². The van der Waals surface area contributed by atoms with Gasteiger partial charge in [0.25, 0.3) is 5.09 Å². The number of aromatic nitrogens is 1. The minimum Gasteiger partial charge on any atom is -0.347 e.